The van der Waals surface area contributed by atoms with Crippen molar-refractivity contribution in [1.29, 1.82) is 0 Å². The summed E-state index contributed by atoms with van der Waals surface area (Å²) in [5.41, 5.74) is 0.667. The van der Waals surface area contributed by atoms with Crippen LogP contribution in [-0.4, -0.2) is 27.4 Å². The molecule has 0 fully saturated rings. The largest absolute Gasteiger partial charge is 0.416 e. The topological polar surface area (TPSA) is 67.8 Å². The van der Waals surface area contributed by atoms with E-state index in [0.29, 0.717) is 33.9 Å². The number of carbonyl (C=O) groups is 1. The number of nitrogens with zero attached hydrogens (tertiary/aromatic N) is 3. The molecule has 1 N–H and O–H groups in total. The lowest BCUT2D eigenvalue weighted by molar-refractivity contribution is -0.137. The van der Waals surface area contributed by atoms with Gasteiger partial charge in [-0.25, -0.2) is 15.0 Å². The van der Waals surface area contributed by atoms with E-state index >= 15 is 0 Å². The summed E-state index contributed by atoms with van der Waals surface area (Å²) in [5, 5.41) is 3.48. The van der Waals surface area contributed by atoms with Crippen LogP contribution in [0.2, 0.25) is 0 Å². The lowest BCUT2D eigenvalue weighted by Crippen LogP contribution is -2.29. The number of alkyl halides is 3. The molecule has 0 aliphatic heterocycles. The number of hydrogen-bond acceptors (Lipinski definition) is 5. The van der Waals surface area contributed by atoms with Crippen LogP contribution in [0.25, 0.3) is 10.8 Å². The molecule has 0 aliphatic carbocycles. The van der Waals surface area contributed by atoms with Crippen LogP contribution in [0.15, 0.2) is 42.7 Å². The summed E-state index contributed by atoms with van der Waals surface area (Å²) in [7, 11) is 0. The Bertz CT molecular complexity index is 1020. The molecule has 0 bridgehead atoms. The molecule has 5 nitrogen and oxygen atoms in total. The van der Waals surface area contributed by atoms with E-state index in [4.69, 9.17) is 0 Å². The maximum atomic E-state index is 12.9. The Balaban J connectivity index is 1.73. The molecule has 1 amide bonds. The van der Waals surface area contributed by atoms with Crippen LogP contribution in [0.3, 0.4) is 0 Å². The third kappa shape index (κ3) is 5.88. The Labute approximate surface area is 182 Å². The number of hydrogen-bond donors (Lipinski definition) is 1. The van der Waals surface area contributed by atoms with Crippen molar-refractivity contribution < 1.29 is 18.0 Å². The molecule has 31 heavy (non-hydrogen) atoms. The van der Waals surface area contributed by atoms with Gasteiger partial charge in [0.15, 0.2) is 10.8 Å². The molecule has 0 spiro atoms. The second-order valence-corrected chi connectivity index (χ2v) is 8.66. The van der Waals surface area contributed by atoms with Crippen molar-refractivity contribution in [2.45, 2.75) is 39.3 Å². The van der Waals surface area contributed by atoms with Crippen LogP contribution in [0.1, 0.15) is 52.7 Å². The van der Waals surface area contributed by atoms with E-state index in [1.165, 1.54) is 23.5 Å². The van der Waals surface area contributed by atoms with E-state index in [-0.39, 0.29) is 11.8 Å². The Kier molecular flexibility index (Phi) is 7.04. The number of rotatable bonds is 7. The van der Waals surface area contributed by atoms with Crippen molar-refractivity contribution in [1.82, 2.24) is 20.3 Å². The zero-order valence-electron chi connectivity index (χ0n) is 17.4. The van der Waals surface area contributed by atoms with Crippen LogP contribution in [0, 0.1) is 12.8 Å². The Hall–Kier alpha value is -2.81. The van der Waals surface area contributed by atoms with Gasteiger partial charge in [0.05, 0.1) is 11.3 Å². The fourth-order valence-corrected chi connectivity index (χ4v) is 4.19. The number of benzene rings is 1. The first-order valence-corrected chi connectivity index (χ1v) is 10.7. The molecule has 2 heterocycles. The van der Waals surface area contributed by atoms with Crippen molar-refractivity contribution in [3.63, 3.8) is 0 Å². The standard InChI is InChI=1S/C22H23F3N4OS/c1-13(2)11-16(15-5-7-17(8-6-15)22(23,24)25)12-28-20(30)18-14(3)29-21(31-18)19-26-9-4-10-27-19/h4-10,13,16H,11-12H2,1-3H3,(H,28,30). The SMILES string of the molecule is Cc1nc(-c2ncccn2)sc1C(=O)NCC(CC(C)C)c1ccc(C(F)(F)F)cc1. The molecule has 0 saturated heterocycles. The average Bonchev–Trinajstić information content (AvgIpc) is 3.12. The number of aryl methyl sites for hydroxylation is 1. The lowest BCUT2D eigenvalue weighted by atomic mass is 9.89. The van der Waals surface area contributed by atoms with Gasteiger partial charge in [-0.05, 0) is 43.0 Å². The highest BCUT2D eigenvalue weighted by atomic mass is 32.1. The molecular formula is C22H23F3N4OS. The minimum Gasteiger partial charge on any atom is -0.351 e. The van der Waals surface area contributed by atoms with Gasteiger partial charge in [0, 0.05) is 24.9 Å². The summed E-state index contributed by atoms with van der Waals surface area (Å²) in [4.78, 5) is 26.0. The highest BCUT2D eigenvalue weighted by Gasteiger charge is 2.30. The van der Waals surface area contributed by atoms with Crippen LogP contribution >= 0.6 is 11.3 Å². The summed E-state index contributed by atoms with van der Waals surface area (Å²) >= 11 is 1.21. The smallest absolute Gasteiger partial charge is 0.351 e. The van der Waals surface area contributed by atoms with Gasteiger partial charge in [-0.1, -0.05) is 26.0 Å². The molecule has 0 radical (unpaired) electrons. The van der Waals surface area contributed by atoms with Crippen LogP contribution in [-0.2, 0) is 6.18 Å². The number of nitrogens with one attached hydrogen (secondary N) is 1. The summed E-state index contributed by atoms with van der Waals surface area (Å²) in [6, 6.07) is 6.86. The highest BCUT2D eigenvalue weighted by Crippen LogP contribution is 2.31. The molecule has 9 heteroatoms. The summed E-state index contributed by atoms with van der Waals surface area (Å²) in [5.74, 6) is 0.405. The zero-order chi connectivity index (χ0) is 22.6. The fraction of sp³-hybridized carbons (Fsp3) is 0.364. The van der Waals surface area contributed by atoms with Gasteiger partial charge in [0.1, 0.15) is 4.88 Å². The minimum atomic E-state index is -4.37. The second-order valence-electron chi connectivity index (χ2n) is 7.66. The molecular weight excluding hydrogens is 425 g/mol. The van der Waals surface area contributed by atoms with Gasteiger partial charge in [0.2, 0.25) is 0 Å². The van der Waals surface area contributed by atoms with Gasteiger partial charge in [-0.2, -0.15) is 13.2 Å². The van der Waals surface area contributed by atoms with Gasteiger partial charge >= 0.3 is 6.18 Å². The molecule has 2 aromatic heterocycles. The fourth-order valence-electron chi connectivity index (χ4n) is 3.26. The molecule has 1 unspecified atom stereocenters. The molecule has 0 aliphatic rings. The number of carbonyl (C=O) groups excluding carboxylic acids is 1. The van der Waals surface area contributed by atoms with E-state index in [0.717, 1.165) is 24.1 Å². The quantitative estimate of drug-likeness (QED) is 0.519. The van der Waals surface area contributed by atoms with Crippen molar-refractivity contribution in [2.75, 3.05) is 6.54 Å². The first kappa shape index (κ1) is 22.9. The van der Waals surface area contributed by atoms with E-state index in [9.17, 15) is 18.0 Å². The van der Waals surface area contributed by atoms with Crippen molar-refractivity contribution >= 4 is 17.2 Å². The van der Waals surface area contributed by atoms with Crippen molar-refractivity contribution in [2.24, 2.45) is 5.92 Å². The molecule has 1 atom stereocenters. The first-order chi connectivity index (χ1) is 14.6. The maximum absolute atomic E-state index is 12.9. The lowest BCUT2D eigenvalue weighted by Gasteiger charge is -2.20. The number of amides is 1. The van der Waals surface area contributed by atoms with Crippen LogP contribution in [0.5, 0.6) is 0 Å². The predicted molar refractivity (Wildman–Crippen MR) is 114 cm³/mol. The highest BCUT2D eigenvalue weighted by molar-refractivity contribution is 7.17. The third-order valence-electron chi connectivity index (χ3n) is 4.73. The Morgan fingerprint density at radius 3 is 2.35 bits per heavy atom. The normalized spacial score (nSPS) is 12.7. The number of thiazole rings is 1. The molecule has 0 saturated carbocycles. The van der Waals surface area contributed by atoms with Gasteiger partial charge in [-0.15, -0.1) is 11.3 Å². The monoisotopic (exact) mass is 448 g/mol. The number of aromatic nitrogens is 3. The van der Waals surface area contributed by atoms with Gasteiger partial charge < -0.3 is 5.32 Å². The Morgan fingerprint density at radius 1 is 1.13 bits per heavy atom. The van der Waals surface area contributed by atoms with E-state index in [1.807, 2.05) is 13.8 Å². The molecule has 164 valence electrons. The number of halogens is 3. The first-order valence-electron chi connectivity index (χ1n) is 9.85. The van der Waals surface area contributed by atoms with Crippen molar-refractivity contribution in [3.8, 4) is 10.8 Å². The van der Waals surface area contributed by atoms with Crippen LogP contribution in [0.4, 0.5) is 13.2 Å². The average molecular weight is 449 g/mol. The zero-order valence-corrected chi connectivity index (χ0v) is 18.2. The Morgan fingerprint density at radius 2 is 1.77 bits per heavy atom. The van der Waals surface area contributed by atoms with E-state index in [2.05, 4.69) is 20.3 Å². The maximum Gasteiger partial charge on any atom is 0.416 e. The molecule has 3 aromatic rings. The summed E-state index contributed by atoms with van der Waals surface area (Å²) in [6.07, 6.45) is -0.417. The van der Waals surface area contributed by atoms with Crippen LogP contribution < -0.4 is 5.32 Å². The third-order valence-corrected chi connectivity index (χ3v) is 5.89. The van der Waals surface area contributed by atoms with Crippen molar-refractivity contribution in [3.05, 3.63) is 64.4 Å². The minimum absolute atomic E-state index is 0.101. The predicted octanol–water partition coefficient (Wildman–Crippen LogP) is 5.49. The molecule has 1 aromatic carbocycles. The molecule has 3 rings (SSSR count). The second kappa shape index (κ2) is 9.55. The van der Waals surface area contributed by atoms with Gasteiger partial charge in [0.25, 0.3) is 5.91 Å². The van der Waals surface area contributed by atoms with E-state index in [1.54, 1.807) is 25.4 Å². The van der Waals surface area contributed by atoms with E-state index < -0.39 is 11.7 Å². The van der Waals surface area contributed by atoms with Gasteiger partial charge in [-0.3, -0.25) is 4.79 Å². The summed E-state index contributed by atoms with van der Waals surface area (Å²) in [6.45, 7) is 6.15. The summed E-state index contributed by atoms with van der Waals surface area (Å²) < 4.78 is 38.6.